The highest BCUT2D eigenvalue weighted by Crippen LogP contribution is 2.27. The molecule has 1 aromatic carbocycles. The minimum Gasteiger partial charge on any atom is -0.424 e. The smallest absolute Gasteiger partial charge is 0.292 e. The Morgan fingerprint density at radius 2 is 2.07 bits per heavy atom. The summed E-state index contributed by atoms with van der Waals surface area (Å²) >= 11 is 0. The Kier molecular flexibility index (Phi) is 1.39. The monoisotopic (exact) mass is 189 g/mol. The summed E-state index contributed by atoms with van der Waals surface area (Å²) in [6.45, 7) is 1.96. The van der Waals surface area contributed by atoms with E-state index < -0.39 is 0 Å². The van der Waals surface area contributed by atoms with Crippen molar-refractivity contribution in [3.63, 3.8) is 0 Å². The van der Waals surface area contributed by atoms with Crippen LogP contribution in [0.2, 0.25) is 0 Å². The second-order valence-corrected chi connectivity index (χ2v) is 3.81. The van der Waals surface area contributed by atoms with Gasteiger partial charge in [-0.05, 0) is 30.3 Å². The number of benzene rings is 1. The van der Waals surface area contributed by atoms with Crippen molar-refractivity contribution in [1.82, 2.24) is 9.88 Å². The lowest BCUT2D eigenvalue weighted by Crippen LogP contribution is -2.07. The van der Waals surface area contributed by atoms with Gasteiger partial charge in [-0.1, -0.05) is 0 Å². The molecule has 3 rings (SSSR count). The van der Waals surface area contributed by atoms with Gasteiger partial charge >= 0.3 is 0 Å². The molecule has 1 aliphatic heterocycles. The van der Waals surface area contributed by atoms with Gasteiger partial charge in [0.1, 0.15) is 5.52 Å². The van der Waals surface area contributed by atoms with Crippen molar-refractivity contribution in [1.29, 1.82) is 0 Å². The number of hydrogen-bond acceptors (Lipinski definition) is 4. The van der Waals surface area contributed by atoms with Gasteiger partial charge in [-0.3, -0.25) is 4.90 Å². The van der Waals surface area contributed by atoms with Crippen LogP contribution in [0, 0.1) is 0 Å². The van der Waals surface area contributed by atoms with E-state index >= 15 is 0 Å². The Morgan fingerprint density at radius 1 is 1.36 bits per heavy atom. The molecule has 2 N–H and O–H groups in total. The van der Waals surface area contributed by atoms with Crippen LogP contribution >= 0.6 is 0 Å². The standard InChI is InChI=1S/C10H11N3O/c1-13-4-6-2-8-9(3-7(6)5-13)14-10(11)12-8/h2-3H,4-5H2,1H3,(H2,11,12). The topological polar surface area (TPSA) is 55.3 Å². The predicted molar refractivity (Wildman–Crippen MR) is 53.6 cm³/mol. The maximum Gasteiger partial charge on any atom is 0.292 e. The van der Waals surface area contributed by atoms with Crippen LogP contribution < -0.4 is 5.73 Å². The van der Waals surface area contributed by atoms with Gasteiger partial charge in [-0.25, -0.2) is 0 Å². The van der Waals surface area contributed by atoms with E-state index in [1.54, 1.807) is 0 Å². The van der Waals surface area contributed by atoms with E-state index in [0.29, 0.717) is 0 Å². The highest BCUT2D eigenvalue weighted by atomic mass is 16.4. The minimum atomic E-state index is 0.247. The summed E-state index contributed by atoms with van der Waals surface area (Å²) in [5, 5.41) is 0. The van der Waals surface area contributed by atoms with E-state index in [-0.39, 0.29) is 6.01 Å². The number of rotatable bonds is 0. The Balaban J connectivity index is 2.25. The number of anilines is 1. The highest BCUT2D eigenvalue weighted by Gasteiger charge is 2.17. The van der Waals surface area contributed by atoms with Crippen LogP contribution in [0.3, 0.4) is 0 Å². The van der Waals surface area contributed by atoms with Crippen molar-refractivity contribution in [2.45, 2.75) is 13.1 Å². The molecule has 0 unspecified atom stereocenters. The third-order valence-electron chi connectivity index (χ3n) is 2.61. The SMILES string of the molecule is CN1Cc2cc3nc(N)oc3cc2C1. The lowest BCUT2D eigenvalue weighted by atomic mass is 10.1. The molecule has 0 atom stereocenters. The maximum absolute atomic E-state index is 5.49. The molecule has 2 heterocycles. The van der Waals surface area contributed by atoms with Crippen LogP contribution in [0.25, 0.3) is 11.1 Å². The quantitative estimate of drug-likeness (QED) is 0.679. The zero-order chi connectivity index (χ0) is 9.71. The third-order valence-corrected chi connectivity index (χ3v) is 2.61. The number of fused-ring (bicyclic) bond motifs is 2. The van der Waals surface area contributed by atoms with Gasteiger partial charge < -0.3 is 10.2 Å². The molecule has 1 aromatic heterocycles. The zero-order valence-electron chi connectivity index (χ0n) is 7.95. The molecule has 0 fully saturated rings. The fourth-order valence-electron chi connectivity index (χ4n) is 2.01. The van der Waals surface area contributed by atoms with Crippen molar-refractivity contribution >= 4 is 17.1 Å². The Labute approximate surface area is 81.3 Å². The molecule has 0 saturated carbocycles. The first-order valence-electron chi connectivity index (χ1n) is 4.59. The molecule has 0 bridgehead atoms. The molecule has 0 radical (unpaired) electrons. The Hall–Kier alpha value is -1.55. The molecule has 4 heteroatoms. The van der Waals surface area contributed by atoms with Gasteiger partial charge in [0.15, 0.2) is 5.58 Å². The van der Waals surface area contributed by atoms with E-state index in [0.717, 1.165) is 24.2 Å². The fourth-order valence-corrected chi connectivity index (χ4v) is 2.01. The van der Waals surface area contributed by atoms with E-state index in [9.17, 15) is 0 Å². The summed E-state index contributed by atoms with van der Waals surface area (Å²) < 4.78 is 5.28. The van der Waals surface area contributed by atoms with Crippen LogP contribution in [0.4, 0.5) is 6.01 Å². The first-order chi connectivity index (χ1) is 6.72. The second-order valence-electron chi connectivity index (χ2n) is 3.81. The van der Waals surface area contributed by atoms with Crippen molar-refractivity contribution in [2.24, 2.45) is 0 Å². The van der Waals surface area contributed by atoms with Crippen LogP contribution in [0.5, 0.6) is 0 Å². The van der Waals surface area contributed by atoms with Gasteiger partial charge in [0.05, 0.1) is 0 Å². The van der Waals surface area contributed by atoms with Crippen molar-refractivity contribution < 1.29 is 4.42 Å². The summed E-state index contributed by atoms with van der Waals surface area (Å²) in [4.78, 5) is 6.37. The number of oxazole rings is 1. The Bertz CT molecular complexity index is 460. The highest BCUT2D eigenvalue weighted by molar-refractivity contribution is 5.76. The van der Waals surface area contributed by atoms with Crippen molar-refractivity contribution in [3.8, 4) is 0 Å². The van der Waals surface area contributed by atoms with Gasteiger partial charge in [-0.2, -0.15) is 4.98 Å². The molecular formula is C10H11N3O. The molecule has 4 nitrogen and oxygen atoms in total. The van der Waals surface area contributed by atoms with Gasteiger partial charge in [0, 0.05) is 13.1 Å². The summed E-state index contributed by atoms with van der Waals surface area (Å²) in [5.41, 5.74) is 9.78. The predicted octanol–water partition coefficient (Wildman–Crippen LogP) is 1.36. The molecule has 0 saturated heterocycles. The average Bonchev–Trinajstić information content (AvgIpc) is 2.59. The second kappa shape index (κ2) is 2.48. The zero-order valence-corrected chi connectivity index (χ0v) is 7.95. The van der Waals surface area contributed by atoms with Crippen molar-refractivity contribution in [3.05, 3.63) is 23.3 Å². The van der Waals surface area contributed by atoms with E-state index in [1.807, 2.05) is 6.07 Å². The summed E-state index contributed by atoms with van der Waals surface area (Å²) in [5.74, 6) is 0. The third kappa shape index (κ3) is 1.01. The number of nitrogen functional groups attached to an aromatic ring is 1. The fraction of sp³-hybridized carbons (Fsp3) is 0.300. The molecule has 0 amide bonds. The first-order valence-corrected chi connectivity index (χ1v) is 4.59. The lowest BCUT2D eigenvalue weighted by Gasteiger charge is -2.02. The van der Waals surface area contributed by atoms with Crippen LogP contribution in [-0.4, -0.2) is 16.9 Å². The van der Waals surface area contributed by atoms with E-state index in [2.05, 4.69) is 23.0 Å². The maximum atomic E-state index is 5.49. The molecule has 14 heavy (non-hydrogen) atoms. The lowest BCUT2D eigenvalue weighted by molar-refractivity contribution is 0.353. The molecular weight excluding hydrogens is 178 g/mol. The van der Waals surface area contributed by atoms with Crippen LogP contribution in [0.15, 0.2) is 16.5 Å². The number of aromatic nitrogens is 1. The number of nitrogens with two attached hydrogens (primary N) is 1. The largest absolute Gasteiger partial charge is 0.424 e. The molecule has 2 aromatic rings. The minimum absolute atomic E-state index is 0.247. The van der Waals surface area contributed by atoms with Gasteiger partial charge in [0.25, 0.3) is 6.01 Å². The van der Waals surface area contributed by atoms with Gasteiger partial charge in [-0.15, -0.1) is 0 Å². The van der Waals surface area contributed by atoms with Crippen LogP contribution in [0.1, 0.15) is 11.1 Å². The molecule has 72 valence electrons. The first kappa shape index (κ1) is 7.82. The Morgan fingerprint density at radius 3 is 2.86 bits per heavy atom. The number of hydrogen-bond donors (Lipinski definition) is 1. The van der Waals surface area contributed by atoms with Crippen LogP contribution in [-0.2, 0) is 13.1 Å². The summed E-state index contributed by atoms with van der Waals surface area (Å²) in [6, 6.07) is 4.35. The summed E-state index contributed by atoms with van der Waals surface area (Å²) in [7, 11) is 2.10. The van der Waals surface area contributed by atoms with E-state index in [1.165, 1.54) is 11.1 Å². The molecule has 1 aliphatic rings. The number of nitrogens with zero attached hydrogens (tertiary/aromatic N) is 2. The average molecular weight is 189 g/mol. The molecule has 0 aliphatic carbocycles. The van der Waals surface area contributed by atoms with Gasteiger partial charge in [0.2, 0.25) is 0 Å². The summed E-state index contributed by atoms with van der Waals surface area (Å²) in [6.07, 6.45) is 0. The molecule has 0 spiro atoms. The normalized spacial score (nSPS) is 16.4. The van der Waals surface area contributed by atoms with E-state index in [4.69, 9.17) is 10.2 Å². The van der Waals surface area contributed by atoms with Crippen molar-refractivity contribution in [2.75, 3.05) is 12.8 Å².